The molecule has 0 radical (unpaired) electrons. The molecule has 1 aliphatic heterocycles. The van der Waals surface area contributed by atoms with Crippen molar-refractivity contribution in [3.05, 3.63) is 107 Å². The van der Waals surface area contributed by atoms with E-state index in [0.29, 0.717) is 22.6 Å². The Bertz CT molecular complexity index is 1950. The number of hydrogen-bond acceptors (Lipinski definition) is 10. The van der Waals surface area contributed by atoms with Gasteiger partial charge in [0.15, 0.2) is 0 Å². The van der Waals surface area contributed by atoms with Gasteiger partial charge in [0.2, 0.25) is 10.0 Å². The number of benzene rings is 3. The van der Waals surface area contributed by atoms with Crippen LogP contribution in [0.5, 0.6) is 17.2 Å². The lowest BCUT2D eigenvalue weighted by atomic mass is 10.1. The Kier molecular flexibility index (Phi) is 8.78. The summed E-state index contributed by atoms with van der Waals surface area (Å²) in [6.07, 6.45) is 3.61. The highest BCUT2D eigenvalue weighted by atomic mass is 32.2. The van der Waals surface area contributed by atoms with Gasteiger partial charge in [0, 0.05) is 25.0 Å². The maximum atomic E-state index is 13.4. The van der Waals surface area contributed by atoms with Crippen LogP contribution in [0.1, 0.15) is 45.2 Å². The van der Waals surface area contributed by atoms with Gasteiger partial charge in [-0.25, -0.2) is 13.1 Å². The van der Waals surface area contributed by atoms with E-state index in [4.69, 9.17) is 13.8 Å². The fraction of sp³-hybridized carbons (Fsp3) is 0.167. The number of ether oxygens (including phenoxy) is 1. The lowest BCUT2D eigenvalue weighted by Gasteiger charge is -2.15. The number of nitrogens with zero attached hydrogens (tertiary/aromatic N) is 2. The molecule has 44 heavy (non-hydrogen) atoms. The molecule has 0 aliphatic carbocycles. The third-order valence-corrected chi connectivity index (χ3v) is 9.24. The molecule has 1 N–H and O–H groups in total. The van der Waals surface area contributed by atoms with E-state index in [1.165, 1.54) is 48.8 Å². The van der Waals surface area contributed by atoms with Gasteiger partial charge in [0.05, 0.1) is 17.7 Å². The fourth-order valence-corrected chi connectivity index (χ4v) is 7.11. The van der Waals surface area contributed by atoms with Crippen LogP contribution >= 0.6 is 0 Å². The summed E-state index contributed by atoms with van der Waals surface area (Å²) in [5.74, 6) is -1.31. The SMILES string of the molecule is CCCON1C(=O)c2cccc(Oc3cc(C)cc(OS(=O)(=O)c4ccccc4S(=O)(=O)NCc4ccncc4)c3)c2C1=O. The Morgan fingerprint density at radius 1 is 0.841 bits per heavy atom. The number of carbonyl (C=O) groups is 2. The van der Waals surface area contributed by atoms with Crippen LogP contribution < -0.4 is 13.6 Å². The molecule has 0 spiro atoms. The second-order valence-corrected chi connectivity index (χ2v) is 12.9. The maximum Gasteiger partial charge on any atom is 0.340 e. The molecule has 1 aromatic heterocycles. The predicted molar refractivity (Wildman–Crippen MR) is 157 cm³/mol. The van der Waals surface area contributed by atoms with Gasteiger partial charge in [0.25, 0.3) is 11.8 Å². The zero-order chi connectivity index (χ0) is 31.5. The average molecular weight is 638 g/mol. The predicted octanol–water partition coefficient (Wildman–Crippen LogP) is 4.37. The molecule has 0 fully saturated rings. The first-order valence-corrected chi connectivity index (χ1v) is 16.3. The number of carbonyl (C=O) groups excluding carboxylic acids is 2. The first-order chi connectivity index (χ1) is 21.0. The molecular weight excluding hydrogens is 610 g/mol. The molecule has 0 saturated carbocycles. The van der Waals surface area contributed by atoms with E-state index in [0.717, 1.165) is 12.1 Å². The van der Waals surface area contributed by atoms with Crippen LogP contribution in [0.25, 0.3) is 0 Å². The molecule has 0 saturated heterocycles. The number of hydrogen-bond donors (Lipinski definition) is 1. The van der Waals surface area contributed by atoms with Crippen molar-refractivity contribution in [3.8, 4) is 17.2 Å². The van der Waals surface area contributed by atoms with Crippen LogP contribution in [-0.4, -0.2) is 45.3 Å². The Hall–Kier alpha value is -4.63. The van der Waals surface area contributed by atoms with Crippen molar-refractivity contribution >= 4 is 32.0 Å². The fourth-order valence-electron chi connectivity index (χ4n) is 4.37. The summed E-state index contributed by atoms with van der Waals surface area (Å²) in [5.41, 5.74) is 1.27. The van der Waals surface area contributed by atoms with E-state index in [-0.39, 0.29) is 41.5 Å². The first kappa shape index (κ1) is 30.8. The number of sulfonamides is 1. The van der Waals surface area contributed by atoms with Crippen LogP contribution in [0, 0.1) is 6.92 Å². The molecule has 12 nitrogen and oxygen atoms in total. The lowest BCUT2D eigenvalue weighted by molar-refractivity contribution is -0.0910. The van der Waals surface area contributed by atoms with Crippen LogP contribution in [0.2, 0.25) is 0 Å². The quantitative estimate of drug-likeness (QED) is 0.175. The van der Waals surface area contributed by atoms with Crippen LogP contribution in [0.15, 0.2) is 95.0 Å². The zero-order valence-electron chi connectivity index (χ0n) is 23.6. The molecular formula is C30H27N3O9S2. The van der Waals surface area contributed by atoms with E-state index in [1.807, 2.05) is 6.92 Å². The Labute approximate surface area is 254 Å². The molecule has 0 bridgehead atoms. The number of fused-ring (bicyclic) bond motifs is 1. The lowest BCUT2D eigenvalue weighted by Crippen LogP contribution is -2.30. The van der Waals surface area contributed by atoms with Crippen molar-refractivity contribution in [2.45, 2.75) is 36.6 Å². The van der Waals surface area contributed by atoms with E-state index < -0.39 is 41.7 Å². The largest absolute Gasteiger partial charge is 0.456 e. The van der Waals surface area contributed by atoms with Crippen molar-refractivity contribution in [3.63, 3.8) is 0 Å². The number of aryl methyl sites for hydroxylation is 1. The molecule has 1 aliphatic rings. The van der Waals surface area contributed by atoms with E-state index in [1.54, 1.807) is 31.2 Å². The van der Waals surface area contributed by atoms with Gasteiger partial charge in [-0.05, 0) is 73.0 Å². The average Bonchev–Trinajstić information content (AvgIpc) is 3.24. The highest BCUT2D eigenvalue weighted by molar-refractivity contribution is 7.91. The second kappa shape index (κ2) is 12.5. The number of nitrogens with one attached hydrogen (secondary N) is 1. The summed E-state index contributed by atoms with van der Waals surface area (Å²) >= 11 is 0. The summed E-state index contributed by atoms with van der Waals surface area (Å²) in [6, 6.07) is 17.1. The van der Waals surface area contributed by atoms with Crippen LogP contribution in [0.4, 0.5) is 0 Å². The van der Waals surface area contributed by atoms with Crippen molar-refractivity contribution in [2.75, 3.05) is 6.61 Å². The topological polar surface area (TPSA) is 158 Å². The van der Waals surface area contributed by atoms with Crippen molar-refractivity contribution in [2.24, 2.45) is 0 Å². The molecule has 14 heteroatoms. The normalized spacial score (nSPS) is 13.2. The number of amides is 2. The minimum absolute atomic E-state index is 0.00333. The third kappa shape index (κ3) is 6.48. The van der Waals surface area contributed by atoms with E-state index >= 15 is 0 Å². The molecule has 5 rings (SSSR count). The highest BCUT2D eigenvalue weighted by Gasteiger charge is 2.39. The number of imide groups is 1. The standard InChI is InChI=1S/C30H27N3O9S2/c1-3-15-40-33-29(34)24-7-6-8-25(28(24)30(33)35)41-22-16-20(2)17-23(18-22)42-44(38,39)27-10-5-4-9-26(27)43(36,37)32-19-21-11-13-31-14-12-21/h4-14,16-18,32H,3,15,19H2,1-2H3. The molecule has 0 unspecified atom stereocenters. The molecule has 228 valence electrons. The summed E-state index contributed by atoms with van der Waals surface area (Å²) in [4.78, 5) is 33.8. The van der Waals surface area contributed by atoms with E-state index in [2.05, 4.69) is 9.71 Å². The highest BCUT2D eigenvalue weighted by Crippen LogP contribution is 2.36. The van der Waals surface area contributed by atoms with Crippen molar-refractivity contribution in [1.82, 2.24) is 14.8 Å². The van der Waals surface area contributed by atoms with Crippen LogP contribution in [0.3, 0.4) is 0 Å². The summed E-state index contributed by atoms with van der Waals surface area (Å²) < 4.78 is 66.8. The molecule has 3 aromatic carbocycles. The first-order valence-electron chi connectivity index (χ1n) is 13.4. The second-order valence-electron chi connectivity index (χ2n) is 9.66. The molecule has 0 atom stereocenters. The molecule has 2 amide bonds. The molecule has 4 aromatic rings. The van der Waals surface area contributed by atoms with Gasteiger partial charge in [-0.1, -0.05) is 25.1 Å². The number of hydroxylamine groups is 2. The van der Waals surface area contributed by atoms with Gasteiger partial charge in [-0.3, -0.25) is 19.4 Å². The summed E-state index contributed by atoms with van der Waals surface area (Å²) in [5, 5.41) is 0.690. The number of rotatable bonds is 12. The summed E-state index contributed by atoms with van der Waals surface area (Å²) in [6.45, 7) is 3.58. The maximum absolute atomic E-state index is 13.4. The van der Waals surface area contributed by atoms with Crippen LogP contribution in [-0.2, 0) is 31.5 Å². The van der Waals surface area contributed by atoms with Gasteiger partial charge in [0.1, 0.15) is 27.0 Å². The Morgan fingerprint density at radius 3 is 2.27 bits per heavy atom. The van der Waals surface area contributed by atoms with Gasteiger partial charge < -0.3 is 8.92 Å². The van der Waals surface area contributed by atoms with Crippen molar-refractivity contribution < 1.29 is 40.2 Å². The summed E-state index contributed by atoms with van der Waals surface area (Å²) in [7, 11) is -8.94. The Balaban J connectivity index is 1.40. The van der Waals surface area contributed by atoms with Crippen molar-refractivity contribution in [1.29, 1.82) is 0 Å². The molecule has 2 heterocycles. The van der Waals surface area contributed by atoms with E-state index in [9.17, 15) is 26.4 Å². The Morgan fingerprint density at radius 2 is 1.55 bits per heavy atom. The zero-order valence-corrected chi connectivity index (χ0v) is 25.2. The number of pyridine rings is 1. The van der Waals surface area contributed by atoms with Gasteiger partial charge in [-0.15, -0.1) is 5.06 Å². The minimum atomic E-state index is -4.66. The third-order valence-electron chi connectivity index (χ3n) is 6.35. The monoisotopic (exact) mass is 637 g/mol. The number of aromatic nitrogens is 1. The van der Waals surface area contributed by atoms with Gasteiger partial charge in [-0.2, -0.15) is 8.42 Å². The minimum Gasteiger partial charge on any atom is -0.456 e. The van der Waals surface area contributed by atoms with Gasteiger partial charge >= 0.3 is 10.1 Å². The smallest absolute Gasteiger partial charge is 0.340 e.